The fourth-order valence-electron chi connectivity index (χ4n) is 1.50. The van der Waals surface area contributed by atoms with E-state index >= 15 is 0 Å². The smallest absolute Gasteiger partial charge is 0.265 e. The van der Waals surface area contributed by atoms with Crippen molar-refractivity contribution in [1.82, 2.24) is 0 Å². The van der Waals surface area contributed by atoms with Crippen molar-refractivity contribution in [2.75, 3.05) is 11.9 Å². The summed E-state index contributed by atoms with van der Waals surface area (Å²) in [6, 6.07) is 4.19. The number of amides is 1. The largest absolute Gasteiger partial charge is 0.320 e. The Hall–Kier alpha value is -2.30. The maximum absolute atomic E-state index is 13.4. The Labute approximate surface area is 122 Å². The van der Waals surface area contributed by atoms with E-state index < -0.39 is 29.0 Å². The molecule has 7 heteroatoms. The molecule has 0 aliphatic rings. The van der Waals surface area contributed by atoms with E-state index in [4.69, 9.17) is 5.73 Å². The first-order valence-corrected chi connectivity index (χ1v) is 6.57. The Morgan fingerprint density at radius 3 is 2.76 bits per heavy atom. The van der Waals surface area contributed by atoms with Crippen LogP contribution in [-0.2, 0) is 0 Å². The summed E-state index contributed by atoms with van der Waals surface area (Å²) in [6.07, 6.45) is 0. The topological polar surface area (TPSA) is 55.1 Å². The summed E-state index contributed by atoms with van der Waals surface area (Å²) in [4.78, 5) is 12.7. The van der Waals surface area contributed by atoms with Gasteiger partial charge in [0.05, 0.1) is 22.0 Å². The van der Waals surface area contributed by atoms with E-state index in [0.29, 0.717) is 17.0 Å². The second-order valence-electron chi connectivity index (χ2n) is 3.87. The highest BCUT2D eigenvalue weighted by Crippen LogP contribution is 2.22. The number of carbonyl (C=O) groups excluding carboxylic acids is 1. The van der Waals surface area contributed by atoms with Gasteiger partial charge in [-0.3, -0.25) is 4.79 Å². The standard InChI is InChI=1S/C14H9F3N2OS/c15-8-6-10(16)13(17)11(7-8)19-14(20)12-4-3-9(21-12)2-1-5-18/h3-4,6-7H,5,18H2,(H,19,20). The van der Waals surface area contributed by atoms with Crippen LogP contribution in [0.15, 0.2) is 24.3 Å². The third-order valence-corrected chi connectivity index (χ3v) is 3.38. The number of nitrogens with two attached hydrogens (primary N) is 1. The van der Waals surface area contributed by atoms with E-state index in [1.54, 1.807) is 6.07 Å². The predicted molar refractivity (Wildman–Crippen MR) is 74.5 cm³/mol. The number of anilines is 1. The van der Waals surface area contributed by atoms with Crippen molar-refractivity contribution in [1.29, 1.82) is 0 Å². The van der Waals surface area contributed by atoms with Crippen molar-refractivity contribution in [3.8, 4) is 11.8 Å². The fourth-order valence-corrected chi connectivity index (χ4v) is 2.27. The number of thiophene rings is 1. The average Bonchev–Trinajstić information content (AvgIpc) is 2.90. The fraction of sp³-hybridized carbons (Fsp3) is 0.0714. The summed E-state index contributed by atoms with van der Waals surface area (Å²) in [5.41, 5.74) is 4.67. The van der Waals surface area contributed by atoms with Gasteiger partial charge >= 0.3 is 0 Å². The van der Waals surface area contributed by atoms with Crippen LogP contribution in [0.1, 0.15) is 14.5 Å². The minimum Gasteiger partial charge on any atom is -0.320 e. The Balaban J connectivity index is 2.20. The number of nitrogens with one attached hydrogen (secondary N) is 1. The van der Waals surface area contributed by atoms with Crippen LogP contribution in [0.3, 0.4) is 0 Å². The second-order valence-corrected chi connectivity index (χ2v) is 4.96. The third kappa shape index (κ3) is 3.62. The van der Waals surface area contributed by atoms with E-state index in [1.807, 2.05) is 0 Å². The lowest BCUT2D eigenvalue weighted by atomic mass is 10.2. The number of hydrogen-bond acceptors (Lipinski definition) is 3. The molecule has 3 nitrogen and oxygen atoms in total. The van der Waals surface area contributed by atoms with Gasteiger partial charge in [-0.1, -0.05) is 11.8 Å². The van der Waals surface area contributed by atoms with Crippen molar-refractivity contribution in [2.24, 2.45) is 5.73 Å². The summed E-state index contributed by atoms with van der Waals surface area (Å²) >= 11 is 1.06. The van der Waals surface area contributed by atoms with E-state index in [9.17, 15) is 18.0 Å². The van der Waals surface area contributed by atoms with Crippen LogP contribution in [0.5, 0.6) is 0 Å². The lowest BCUT2D eigenvalue weighted by Crippen LogP contribution is -2.12. The zero-order valence-corrected chi connectivity index (χ0v) is 11.4. The molecule has 0 bridgehead atoms. The predicted octanol–water partition coefficient (Wildman–Crippen LogP) is 2.73. The molecule has 0 atom stereocenters. The van der Waals surface area contributed by atoms with Crippen molar-refractivity contribution in [3.05, 3.63) is 51.5 Å². The number of rotatable bonds is 2. The van der Waals surface area contributed by atoms with Crippen LogP contribution in [0.2, 0.25) is 0 Å². The zero-order valence-electron chi connectivity index (χ0n) is 10.5. The summed E-state index contributed by atoms with van der Waals surface area (Å²) in [6.45, 7) is 0.188. The number of hydrogen-bond donors (Lipinski definition) is 2. The molecule has 0 fully saturated rings. The van der Waals surface area contributed by atoms with Crippen LogP contribution in [0, 0.1) is 29.3 Å². The summed E-state index contributed by atoms with van der Waals surface area (Å²) in [7, 11) is 0. The van der Waals surface area contributed by atoms with Gasteiger partial charge in [-0.15, -0.1) is 11.3 Å². The van der Waals surface area contributed by atoms with E-state index in [1.165, 1.54) is 6.07 Å². The summed E-state index contributed by atoms with van der Waals surface area (Å²) in [5, 5.41) is 2.12. The van der Waals surface area contributed by atoms with Crippen molar-refractivity contribution < 1.29 is 18.0 Å². The van der Waals surface area contributed by atoms with Gasteiger partial charge in [-0.2, -0.15) is 0 Å². The lowest BCUT2D eigenvalue weighted by molar-refractivity contribution is 0.103. The van der Waals surface area contributed by atoms with Gasteiger partial charge in [0.1, 0.15) is 5.82 Å². The quantitative estimate of drug-likeness (QED) is 0.662. The Morgan fingerprint density at radius 2 is 2.05 bits per heavy atom. The van der Waals surface area contributed by atoms with Gasteiger partial charge in [0.25, 0.3) is 5.91 Å². The van der Waals surface area contributed by atoms with Gasteiger partial charge in [0.15, 0.2) is 11.6 Å². The van der Waals surface area contributed by atoms with Crippen molar-refractivity contribution >= 4 is 22.9 Å². The summed E-state index contributed by atoms with van der Waals surface area (Å²) < 4.78 is 39.5. The molecule has 2 aromatic rings. The van der Waals surface area contributed by atoms with Gasteiger partial charge < -0.3 is 11.1 Å². The molecule has 0 unspecified atom stereocenters. The molecule has 3 N–H and O–H groups in total. The van der Waals surface area contributed by atoms with Crippen LogP contribution < -0.4 is 11.1 Å². The molecule has 0 aliphatic carbocycles. The Morgan fingerprint density at radius 1 is 1.29 bits per heavy atom. The minimum atomic E-state index is -1.37. The third-order valence-electron chi connectivity index (χ3n) is 2.38. The van der Waals surface area contributed by atoms with E-state index in [2.05, 4.69) is 17.2 Å². The first-order chi connectivity index (χ1) is 10.0. The van der Waals surface area contributed by atoms with E-state index in [-0.39, 0.29) is 11.4 Å². The number of carbonyl (C=O) groups is 1. The van der Waals surface area contributed by atoms with Gasteiger partial charge in [-0.25, -0.2) is 13.2 Å². The molecule has 2 rings (SSSR count). The molecular formula is C14H9F3N2OS. The van der Waals surface area contributed by atoms with Gasteiger partial charge in [0.2, 0.25) is 0 Å². The van der Waals surface area contributed by atoms with Crippen molar-refractivity contribution in [3.63, 3.8) is 0 Å². The highest BCUT2D eigenvalue weighted by Gasteiger charge is 2.15. The molecule has 1 amide bonds. The lowest BCUT2D eigenvalue weighted by Gasteiger charge is -2.05. The average molecular weight is 310 g/mol. The monoisotopic (exact) mass is 310 g/mol. The molecule has 0 spiro atoms. The molecule has 0 saturated carbocycles. The minimum absolute atomic E-state index is 0.188. The summed E-state index contributed by atoms with van der Waals surface area (Å²) in [5.74, 6) is 1.03. The molecule has 1 aromatic carbocycles. The van der Waals surface area contributed by atoms with E-state index in [0.717, 1.165) is 11.3 Å². The van der Waals surface area contributed by atoms with Crippen LogP contribution in [0.25, 0.3) is 0 Å². The highest BCUT2D eigenvalue weighted by atomic mass is 32.1. The van der Waals surface area contributed by atoms with Gasteiger partial charge in [0, 0.05) is 12.1 Å². The molecule has 1 heterocycles. The second kappa shape index (κ2) is 6.43. The number of halogens is 3. The van der Waals surface area contributed by atoms with Crippen LogP contribution in [0.4, 0.5) is 18.9 Å². The van der Waals surface area contributed by atoms with Gasteiger partial charge in [-0.05, 0) is 12.1 Å². The van der Waals surface area contributed by atoms with Crippen LogP contribution >= 0.6 is 11.3 Å². The highest BCUT2D eigenvalue weighted by molar-refractivity contribution is 7.14. The molecule has 1 aromatic heterocycles. The molecular weight excluding hydrogens is 301 g/mol. The first-order valence-electron chi connectivity index (χ1n) is 5.76. The molecule has 0 aliphatic heterocycles. The maximum atomic E-state index is 13.4. The SMILES string of the molecule is NCC#Cc1ccc(C(=O)Nc2cc(F)cc(F)c2F)s1. The first kappa shape index (κ1) is 15.1. The molecule has 0 saturated heterocycles. The molecule has 21 heavy (non-hydrogen) atoms. The number of benzene rings is 1. The zero-order chi connectivity index (χ0) is 15.4. The molecule has 0 radical (unpaired) electrons. The molecule has 108 valence electrons. The Bertz CT molecular complexity index is 746. The Kier molecular flexibility index (Phi) is 4.62. The van der Waals surface area contributed by atoms with Crippen LogP contribution in [-0.4, -0.2) is 12.5 Å². The van der Waals surface area contributed by atoms with Crippen molar-refractivity contribution in [2.45, 2.75) is 0 Å². The maximum Gasteiger partial charge on any atom is 0.265 e. The normalized spacial score (nSPS) is 9.90.